The predicted octanol–water partition coefficient (Wildman–Crippen LogP) is 3.96. The lowest BCUT2D eigenvalue weighted by atomic mass is 9.82. The van der Waals surface area contributed by atoms with E-state index in [4.69, 9.17) is 0 Å². The van der Waals surface area contributed by atoms with Crippen molar-refractivity contribution in [2.45, 2.75) is 51.5 Å². The van der Waals surface area contributed by atoms with E-state index < -0.39 is 0 Å². The minimum atomic E-state index is 0.761. The smallest absolute Gasteiger partial charge is 0.00676 e. The van der Waals surface area contributed by atoms with Gasteiger partial charge < -0.3 is 5.32 Å². The molecule has 0 aromatic heterocycles. The van der Waals surface area contributed by atoms with Crippen LogP contribution < -0.4 is 5.32 Å². The molecule has 1 aromatic rings. The van der Waals surface area contributed by atoms with Crippen LogP contribution in [0.5, 0.6) is 0 Å². The summed E-state index contributed by atoms with van der Waals surface area (Å²) in [6.45, 7) is 5.73. The van der Waals surface area contributed by atoms with Gasteiger partial charge in [-0.1, -0.05) is 44.2 Å². The topological polar surface area (TPSA) is 12.0 Å². The molecule has 1 heteroatoms. The van der Waals surface area contributed by atoms with Crippen molar-refractivity contribution in [2.75, 3.05) is 6.54 Å². The standard InChI is InChI=1S/C16H25N/c1-13(2)12-17-16-10-8-15(9-11-16)14-6-4-3-5-7-14/h3-7,13,15-17H,8-12H2,1-2H3. The third-order valence-electron chi connectivity index (χ3n) is 3.81. The summed E-state index contributed by atoms with van der Waals surface area (Å²) < 4.78 is 0. The summed E-state index contributed by atoms with van der Waals surface area (Å²) in [6, 6.07) is 11.8. The van der Waals surface area contributed by atoms with Gasteiger partial charge in [0.15, 0.2) is 0 Å². The average Bonchev–Trinajstić information content (AvgIpc) is 2.38. The van der Waals surface area contributed by atoms with Crippen LogP contribution in [0.15, 0.2) is 30.3 Å². The van der Waals surface area contributed by atoms with Gasteiger partial charge in [-0.05, 0) is 49.6 Å². The Morgan fingerprint density at radius 1 is 1.06 bits per heavy atom. The first-order valence-corrected chi connectivity index (χ1v) is 7.04. The van der Waals surface area contributed by atoms with E-state index in [0.717, 1.165) is 17.9 Å². The first kappa shape index (κ1) is 12.6. The lowest BCUT2D eigenvalue weighted by Crippen LogP contribution is -2.35. The van der Waals surface area contributed by atoms with Crippen LogP contribution in [0.4, 0.5) is 0 Å². The van der Waals surface area contributed by atoms with E-state index in [1.807, 2.05) is 0 Å². The van der Waals surface area contributed by atoms with E-state index in [2.05, 4.69) is 49.5 Å². The minimum absolute atomic E-state index is 0.761. The Kier molecular flexibility index (Phi) is 4.61. The lowest BCUT2D eigenvalue weighted by Gasteiger charge is -2.30. The van der Waals surface area contributed by atoms with Crippen molar-refractivity contribution in [1.29, 1.82) is 0 Å². The largest absolute Gasteiger partial charge is 0.314 e. The number of benzene rings is 1. The van der Waals surface area contributed by atoms with Crippen LogP contribution in [0.1, 0.15) is 51.0 Å². The molecule has 1 aliphatic rings. The van der Waals surface area contributed by atoms with E-state index in [1.54, 1.807) is 0 Å². The molecule has 1 fully saturated rings. The summed E-state index contributed by atoms with van der Waals surface area (Å²) in [4.78, 5) is 0. The molecule has 0 saturated heterocycles. The molecule has 2 rings (SSSR count). The number of nitrogens with one attached hydrogen (secondary N) is 1. The third-order valence-corrected chi connectivity index (χ3v) is 3.81. The Bertz CT molecular complexity index is 310. The van der Waals surface area contributed by atoms with Gasteiger partial charge >= 0.3 is 0 Å². The molecule has 0 radical (unpaired) electrons. The van der Waals surface area contributed by atoms with Gasteiger partial charge in [-0.3, -0.25) is 0 Å². The molecule has 1 aromatic carbocycles. The summed E-state index contributed by atoms with van der Waals surface area (Å²) in [5, 5.41) is 3.69. The van der Waals surface area contributed by atoms with Crippen molar-refractivity contribution in [3.8, 4) is 0 Å². The van der Waals surface area contributed by atoms with Crippen LogP contribution in [0, 0.1) is 5.92 Å². The Balaban J connectivity index is 1.78. The zero-order valence-corrected chi connectivity index (χ0v) is 11.2. The van der Waals surface area contributed by atoms with Gasteiger partial charge in [-0.2, -0.15) is 0 Å². The van der Waals surface area contributed by atoms with E-state index >= 15 is 0 Å². The van der Waals surface area contributed by atoms with Gasteiger partial charge in [0.25, 0.3) is 0 Å². The normalized spacial score (nSPS) is 25.1. The van der Waals surface area contributed by atoms with E-state index in [9.17, 15) is 0 Å². The first-order chi connectivity index (χ1) is 8.25. The molecule has 1 nitrogen and oxygen atoms in total. The van der Waals surface area contributed by atoms with Crippen LogP contribution in [-0.2, 0) is 0 Å². The molecular weight excluding hydrogens is 206 g/mol. The third kappa shape index (κ3) is 3.85. The molecule has 0 spiro atoms. The fraction of sp³-hybridized carbons (Fsp3) is 0.625. The monoisotopic (exact) mass is 231 g/mol. The zero-order chi connectivity index (χ0) is 12.1. The van der Waals surface area contributed by atoms with Gasteiger partial charge in [0.1, 0.15) is 0 Å². The van der Waals surface area contributed by atoms with Crippen molar-refractivity contribution in [3.63, 3.8) is 0 Å². The van der Waals surface area contributed by atoms with Crippen molar-refractivity contribution in [2.24, 2.45) is 5.92 Å². The second-order valence-corrected chi connectivity index (χ2v) is 5.76. The highest BCUT2D eigenvalue weighted by Gasteiger charge is 2.21. The average molecular weight is 231 g/mol. The zero-order valence-electron chi connectivity index (χ0n) is 11.2. The minimum Gasteiger partial charge on any atom is -0.314 e. The quantitative estimate of drug-likeness (QED) is 0.827. The molecule has 1 aliphatic carbocycles. The molecule has 0 bridgehead atoms. The molecule has 17 heavy (non-hydrogen) atoms. The molecular formula is C16H25N. The maximum Gasteiger partial charge on any atom is 0.00676 e. The van der Waals surface area contributed by atoms with Crippen LogP contribution in [-0.4, -0.2) is 12.6 Å². The Morgan fingerprint density at radius 3 is 2.29 bits per heavy atom. The fourth-order valence-electron chi connectivity index (χ4n) is 2.76. The van der Waals surface area contributed by atoms with Crippen LogP contribution in [0.2, 0.25) is 0 Å². The highest BCUT2D eigenvalue weighted by molar-refractivity contribution is 5.20. The maximum absolute atomic E-state index is 3.69. The molecule has 1 N–H and O–H groups in total. The summed E-state index contributed by atoms with van der Waals surface area (Å²) >= 11 is 0. The molecule has 0 atom stereocenters. The van der Waals surface area contributed by atoms with Gasteiger partial charge in [0.05, 0.1) is 0 Å². The fourth-order valence-corrected chi connectivity index (χ4v) is 2.76. The highest BCUT2D eigenvalue weighted by atomic mass is 14.9. The Labute approximate surface area is 106 Å². The van der Waals surface area contributed by atoms with Crippen LogP contribution in [0.3, 0.4) is 0 Å². The number of hydrogen-bond acceptors (Lipinski definition) is 1. The molecule has 0 heterocycles. The Morgan fingerprint density at radius 2 is 1.71 bits per heavy atom. The summed E-state index contributed by atoms with van der Waals surface area (Å²) in [5.41, 5.74) is 1.54. The second kappa shape index (κ2) is 6.20. The van der Waals surface area contributed by atoms with E-state index in [1.165, 1.54) is 37.8 Å². The first-order valence-electron chi connectivity index (χ1n) is 7.04. The van der Waals surface area contributed by atoms with Gasteiger partial charge in [-0.15, -0.1) is 0 Å². The molecule has 0 unspecified atom stereocenters. The summed E-state index contributed by atoms with van der Waals surface area (Å²) in [7, 11) is 0. The SMILES string of the molecule is CC(C)CNC1CCC(c2ccccc2)CC1. The van der Waals surface area contributed by atoms with E-state index in [0.29, 0.717) is 0 Å². The van der Waals surface area contributed by atoms with Gasteiger partial charge in [0, 0.05) is 6.04 Å². The highest BCUT2D eigenvalue weighted by Crippen LogP contribution is 2.32. The second-order valence-electron chi connectivity index (χ2n) is 5.76. The van der Waals surface area contributed by atoms with Gasteiger partial charge in [0.2, 0.25) is 0 Å². The van der Waals surface area contributed by atoms with Crippen molar-refractivity contribution in [1.82, 2.24) is 5.32 Å². The summed E-state index contributed by atoms with van der Waals surface area (Å²) in [6.07, 6.45) is 5.37. The molecule has 0 amide bonds. The van der Waals surface area contributed by atoms with Crippen molar-refractivity contribution < 1.29 is 0 Å². The molecule has 0 aliphatic heterocycles. The molecule has 1 saturated carbocycles. The molecule has 94 valence electrons. The van der Waals surface area contributed by atoms with Crippen molar-refractivity contribution >= 4 is 0 Å². The predicted molar refractivity (Wildman–Crippen MR) is 74.3 cm³/mol. The number of hydrogen-bond donors (Lipinski definition) is 1. The van der Waals surface area contributed by atoms with Crippen molar-refractivity contribution in [3.05, 3.63) is 35.9 Å². The van der Waals surface area contributed by atoms with Crippen LogP contribution in [0.25, 0.3) is 0 Å². The Hall–Kier alpha value is -0.820. The number of rotatable bonds is 4. The maximum atomic E-state index is 3.69. The van der Waals surface area contributed by atoms with Gasteiger partial charge in [-0.25, -0.2) is 0 Å². The van der Waals surface area contributed by atoms with E-state index in [-0.39, 0.29) is 0 Å². The van der Waals surface area contributed by atoms with Crippen LogP contribution >= 0.6 is 0 Å². The summed E-state index contributed by atoms with van der Waals surface area (Å²) in [5.74, 6) is 1.56. The lowest BCUT2D eigenvalue weighted by molar-refractivity contribution is 0.332.